The molecular weight excluding hydrogens is 426 g/mol. The smallest absolute Gasteiger partial charge is 0.180 e. The number of hydrogen-bond donors (Lipinski definition) is 0. The molecule has 0 aliphatic heterocycles. The van der Waals surface area contributed by atoms with Crippen LogP contribution in [0.3, 0.4) is 0 Å². The molecule has 0 bridgehead atoms. The van der Waals surface area contributed by atoms with Gasteiger partial charge in [0, 0.05) is 53.5 Å². The van der Waals surface area contributed by atoms with Gasteiger partial charge in [-0.25, -0.2) is 0 Å². The molecule has 0 radical (unpaired) electrons. The highest BCUT2D eigenvalue weighted by Crippen LogP contribution is 2.36. The monoisotopic (exact) mass is 451 g/mol. The number of rotatable bonds is 6. The van der Waals surface area contributed by atoms with Gasteiger partial charge in [-0.3, -0.25) is 19.7 Å². The van der Waals surface area contributed by atoms with Crippen molar-refractivity contribution >= 4 is 16.8 Å². The van der Waals surface area contributed by atoms with E-state index in [2.05, 4.69) is 38.9 Å². The second-order valence-corrected chi connectivity index (χ2v) is 8.38. The van der Waals surface area contributed by atoms with Gasteiger partial charge in [0.2, 0.25) is 0 Å². The molecule has 170 valence electrons. The number of hydrogen-bond acceptors (Lipinski definition) is 6. The van der Waals surface area contributed by atoms with Crippen molar-refractivity contribution < 1.29 is 9.32 Å². The van der Waals surface area contributed by atoms with Crippen LogP contribution < -0.4 is 0 Å². The molecule has 0 amide bonds. The van der Waals surface area contributed by atoms with Crippen LogP contribution in [-0.2, 0) is 0 Å². The van der Waals surface area contributed by atoms with Crippen molar-refractivity contribution in [3.63, 3.8) is 0 Å². The minimum absolute atomic E-state index is 0.0203. The second kappa shape index (κ2) is 8.67. The molecule has 5 rings (SSSR count). The Bertz CT molecular complexity index is 1460. The molecule has 0 aliphatic carbocycles. The lowest BCUT2D eigenvalue weighted by atomic mass is 10.0. The third-order valence-corrected chi connectivity index (χ3v) is 6.21. The average molecular weight is 452 g/mol. The largest absolute Gasteiger partial charge is 0.361 e. The molecule has 5 heterocycles. The molecule has 0 saturated heterocycles. The number of nitrogens with zero attached hydrogens (tertiary/aromatic N) is 5. The first-order chi connectivity index (χ1) is 16.5. The van der Waals surface area contributed by atoms with Crippen molar-refractivity contribution in [2.45, 2.75) is 40.2 Å². The van der Waals surface area contributed by atoms with Crippen LogP contribution in [0.2, 0.25) is 0 Å². The maximum atomic E-state index is 12.0. The van der Waals surface area contributed by atoms with E-state index in [1.165, 1.54) is 0 Å². The van der Waals surface area contributed by atoms with Crippen LogP contribution in [0.5, 0.6) is 0 Å². The molecule has 0 aliphatic rings. The maximum absolute atomic E-state index is 12.0. The van der Waals surface area contributed by atoms with E-state index in [4.69, 9.17) is 9.51 Å². The van der Waals surface area contributed by atoms with Gasteiger partial charge in [-0.1, -0.05) is 24.2 Å². The van der Waals surface area contributed by atoms with Gasteiger partial charge < -0.3 is 9.09 Å². The summed E-state index contributed by atoms with van der Waals surface area (Å²) in [5.74, 6) is 0.787. The Hall–Kier alpha value is -4.13. The van der Waals surface area contributed by atoms with Crippen LogP contribution in [0.4, 0.5) is 0 Å². The third kappa shape index (κ3) is 3.69. The fourth-order valence-electron chi connectivity index (χ4n) is 4.36. The second-order valence-electron chi connectivity index (χ2n) is 8.38. The highest BCUT2D eigenvalue weighted by molar-refractivity contribution is 5.97. The van der Waals surface area contributed by atoms with E-state index in [0.29, 0.717) is 12.1 Å². The number of carbonyl (C=O) groups excluding carboxylic acids is 1. The Morgan fingerprint density at radius 2 is 1.88 bits per heavy atom. The molecule has 7 nitrogen and oxygen atoms in total. The van der Waals surface area contributed by atoms with E-state index >= 15 is 0 Å². The topological polar surface area (TPSA) is 86.7 Å². The van der Waals surface area contributed by atoms with Crippen molar-refractivity contribution in [1.29, 1.82) is 0 Å². The zero-order chi connectivity index (χ0) is 23.8. The van der Waals surface area contributed by atoms with E-state index in [1.54, 1.807) is 18.5 Å². The van der Waals surface area contributed by atoms with E-state index in [1.807, 2.05) is 51.2 Å². The number of aromatic nitrogens is 5. The lowest BCUT2D eigenvalue weighted by Gasteiger charge is -2.15. The Kier molecular flexibility index (Phi) is 5.53. The lowest BCUT2D eigenvalue weighted by Crippen LogP contribution is -2.07. The fourth-order valence-corrected chi connectivity index (χ4v) is 4.36. The molecule has 1 atom stereocenters. The summed E-state index contributed by atoms with van der Waals surface area (Å²) in [6.07, 6.45) is 7.93. The molecule has 0 fully saturated rings. The van der Waals surface area contributed by atoms with E-state index in [0.717, 1.165) is 50.4 Å². The van der Waals surface area contributed by atoms with Crippen molar-refractivity contribution in [2.75, 3.05) is 0 Å². The molecule has 0 spiro atoms. The molecule has 0 saturated carbocycles. The van der Waals surface area contributed by atoms with Gasteiger partial charge in [0.05, 0.1) is 28.5 Å². The first kappa shape index (κ1) is 21.7. The Morgan fingerprint density at radius 1 is 1.06 bits per heavy atom. The van der Waals surface area contributed by atoms with Gasteiger partial charge in [-0.05, 0) is 45.0 Å². The predicted molar refractivity (Wildman–Crippen MR) is 131 cm³/mol. The van der Waals surface area contributed by atoms with Crippen LogP contribution in [0.1, 0.15) is 53.9 Å². The number of Topliss-reactive ketones (excluding diaryl/α,β-unsaturated/α-hetero) is 1. The number of fused-ring (bicyclic) bond motifs is 1. The van der Waals surface area contributed by atoms with Crippen LogP contribution >= 0.6 is 0 Å². The Morgan fingerprint density at radius 3 is 2.53 bits per heavy atom. The summed E-state index contributed by atoms with van der Waals surface area (Å²) in [6, 6.07) is 11.8. The summed E-state index contributed by atoms with van der Waals surface area (Å²) < 4.78 is 7.58. The summed E-state index contributed by atoms with van der Waals surface area (Å²) >= 11 is 0. The van der Waals surface area contributed by atoms with Gasteiger partial charge in [0.25, 0.3) is 0 Å². The van der Waals surface area contributed by atoms with Crippen LogP contribution in [0.15, 0.2) is 65.7 Å². The predicted octanol–water partition coefficient (Wildman–Crippen LogP) is 5.97. The SMILES string of the molecule is CCC(=O)c1ccc(-c2cn([C@@H](C)c3ccccn3)c3cc(-c4c(C)noc4C)cnc23)cn1. The molecule has 0 aromatic carbocycles. The van der Waals surface area contributed by atoms with Gasteiger partial charge in [-0.15, -0.1) is 0 Å². The number of pyridine rings is 3. The molecule has 7 heteroatoms. The van der Waals surface area contributed by atoms with Gasteiger partial charge in [-0.2, -0.15) is 0 Å². The number of carbonyl (C=O) groups is 1. The molecule has 34 heavy (non-hydrogen) atoms. The van der Waals surface area contributed by atoms with E-state index in [-0.39, 0.29) is 11.8 Å². The van der Waals surface area contributed by atoms with Crippen molar-refractivity contribution in [3.05, 3.63) is 84.0 Å². The van der Waals surface area contributed by atoms with Gasteiger partial charge in [0.1, 0.15) is 11.5 Å². The van der Waals surface area contributed by atoms with Gasteiger partial charge in [0.15, 0.2) is 5.78 Å². The van der Waals surface area contributed by atoms with Crippen molar-refractivity contribution in [3.8, 4) is 22.3 Å². The van der Waals surface area contributed by atoms with Crippen molar-refractivity contribution in [2.24, 2.45) is 0 Å². The van der Waals surface area contributed by atoms with Crippen LogP contribution in [0.25, 0.3) is 33.3 Å². The number of ketones is 1. The fraction of sp³-hybridized carbons (Fsp3) is 0.222. The first-order valence-electron chi connectivity index (χ1n) is 11.3. The van der Waals surface area contributed by atoms with E-state index < -0.39 is 0 Å². The summed E-state index contributed by atoms with van der Waals surface area (Å²) in [7, 11) is 0. The molecule has 5 aromatic rings. The van der Waals surface area contributed by atoms with Crippen LogP contribution in [0, 0.1) is 13.8 Å². The Labute approximate surface area is 197 Å². The molecule has 5 aromatic heterocycles. The van der Waals surface area contributed by atoms with Crippen molar-refractivity contribution in [1.82, 2.24) is 24.7 Å². The zero-order valence-electron chi connectivity index (χ0n) is 19.6. The maximum Gasteiger partial charge on any atom is 0.180 e. The summed E-state index contributed by atoms with van der Waals surface area (Å²) in [5.41, 5.74) is 7.85. The summed E-state index contributed by atoms with van der Waals surface area (Å²) in [6.45, 7) is 7.80. The molecular formula is C27H25N5O2. The number of aryl methyl sites for hydroxylation is 2. The molecule has 0 unspecified atom stereocenters. The van der Waals surface area contributed by atoms with Crippen LogP contribution in [-0.4, -0.2) is 30.5 Å². The zero-order valence-corrected chi connectivity index (χ0v) is 19.6. The third-order valence-electron chi connectivity index (χ3n) is 6.21. The first-order valence-corrected chi connectivity index (χ1v) is 11.3. The Balaban J connectivity index is 1.70. The quantitative estimate of drug-likeness (QED) is 0.296. The lowest BCUT2D eigenvalue weighted by molar-refractivity contribution is 0.0983. The van der Waals surface area contributed by atoms with E-state index in [9.17, 15) is 4.79 Å². The van der Waals surface area contributed by atoms with Gasteiger partial charge >= 0.3 is 0 Å². The summed E-state index contributed by atoms with van der Waals surface area (Å²) in [4.78, 5) is 25.9. The minimum atomic E-state index is -0.0203. The highest BCUT2D eigenvalue weighted by Gasteiger charge is 2.20. The average Bonchev–Trinajstić information content (AvgIpc) is 3.42. The summed E-state index contributed by atoms with van der Waals surface area (Å²) in [5, 5.41) is 4.10. The minimum Gasteiger partial charge on any atom is -0.361 e. The molecule has 0 N–H and O–H groups in total. The standard InChI is InChI=1S/C27H25N5O2/c1-5-25(33)23-10-9-19(13-29-23)21-15-32(17(3)22-8-6-7-11-28-22)24-12-20(14-30-27(21)24)26-16(2)31-34-18(26)4/h6-15,17H,5H2,1-4H3/t17-/m0/s1. The normalized spacial score (nSPS) is 12.2. The highest BCUT2D eigenvalue weighted by atomic mass is 16.5.